The largest absolute Gasteiger partial charge is 0.396 e. The van der Waals surface area contributed by atoms with E-state index in [0.717, 1.165) is 0 Å². The maximum absolute atomic E-state index is 12.8. The van der Waals surface area contributed by atoms with Crippen LogP contribution in [0.25, 0.3) is 0 Å². The highest BCUT2D eigenvalue weighted by Crippen LogP contribution is 2.32. The number of amides is 2. The molecule has 2 rings (SSSR count). The summed E-state index contributed by atoms with van der Waals surface area (Å²) >= 11 is 0.650. The molecule has 1 heterocycles. The summed E-state index contributed by atoms with van der Waals surface area (Å²) in [4.78, 5) is 16.6. The summed E-state index contributed by atoms with van der Waals surface area (Å²) < 4.78 is 27.1. The number of aromatic nitrogens is 1. The van der Waals surface area contributed by atoms with Crippen molar-refractivity contribution in [3.05, 3.63) is 39.5 Å². The van der Waals surface area contributed by atoms with Crippen LogP contribution < -0.4 is 10.0 Å². The molecule has 0 bridgehead atoms. The van der Waals surface area contributed by atoms with Crippen molar-refractivity contribution >= 4 is 33.1 Å². The van der Waals surface area contributed by atoms with E-state index in [1.807, 2.05) is 24.6 Å². The third kappa shape index (κ3) is 5.81. The van der Waals surface area contributed by atoms with Gasteiger partial charge in [0.15, 0.2) is 4.21 Å². The van der Waals surface area contributed by atoms with Gasteiger partial charge in [0.25, 0.3) is 10.0 Å². The molecule has 0 spiro atoms. The Morgan fingerprint density at radius 3 is 2.47 bits per heavy atom. The molecule has 5 N–H and O–H groups in total. The molecule has 2 amide bonds. The molecule has 0 aliphatic rings. The van der Waals surface area contributed by atoms with Crippen LogP contribution in [0.4, 0.5) is 10.5 Å². The first-order valence-electron chi connectivity index (χ1n) is 9.69. The topological polar surface area (TPSA) is 173 Å². The fraction of sp³-hybridized carbons (Fsp3) is 0.450. The lowest BCUT2D eigenvalue weighted by molar-refractivity contribution is 0.0779. The molecular formula is C20H26N4O6S2. The molecule has 0 atom stereocenters. The fourth-order valence-electron chi connectivity index (χ4n) is 2.93. The minimum absolute atomic E-state index is 0.0711. The molecule has 174 valence electrons. The van der Waals surface area contributed by atoms with Crippen molar-refractivity contribution < 1.29 is 28.5 Å². The summed E-state index contributed by atoms with van der Waals surface area (Å²) in [7, 11) is -4.41. The minimum Gasteiger partial charge on any atom is -0.396 e. The van der Waals surface area contributed by atoms with E-state index in [0.29, 0.717) is 33.7 Å². The molecule has 0 radical (unpaired) electrons. The number of aliphatic hydroxyl groups excluding tert-OH is 2. The van der Waals surface area contributed by atoms with E-state index < -0.39 is 28.3 Å². The number of anilines is 1. The van der Waals surface area contributed by atoms with Gasteiger partial charge in [0.05, 0.1) is 23.9 Å². The zero-order chi connectivity index (χ0) is 24.3. The van der Waals surface area contributed by atoms with Crippen LogP contribution in [0.3, 0.4) is 0 Å². The number of nitrogens with one attached hydrogen (secondary N) is 2. The van der Waals surface area contributed by atoms with Crippen molar-refractivity contribution in [2.24, 2.45) is 0 Å². The normalized spacial score (nSPS) is 12.0. The molecule has 32 heavy (non-hydrogen) atoms. The van der Waals surface area contributed by atoms with Crippen molar-refractivity contribution in [2.45, 2.75) is 56.5 Å². The molecular weight excluding hydrogens is 456 g/mol. The van der Waals surface area contributed by atoms with E-state index in [4.69, 9.17) is 0 Å². The Labute approximate surface area is 190 Å². The number of hydrogen-bond donors (Lipinski definition) is 5. The van der Waals surface area contributed by atoms with Gasteiger partial charge in [-0.2, -0.15) is 5.26 Å². The van der Waals surface area contributed by atoms with Gasteiger partial charge < -0.3 is 20.6 Å². The summed E-state index contributed by atoms with van der Waals surface area (Å²) in [5, 5.41) is 40.8. The van der Waals surface area contributed by atoms with Crippen LogP contribution in [0.5, 0.6) is 0 Å². The van der Waals surface area contributed by atoms with Crippen LogP contribution >= 0.6 is 11.3 Å². The van der Waals surface area contributed by atoms with Gasteiger partial charge in [0, 0.05) is 12.3 Å². The first-order chi connectivity index (χ1) is 14.8. The van der Waals surface area contributed by atoms with Crippen molar-refractivity contribution in [1.29, 1.82) is 5.26 Å². The highest BCUT2D eigenvalue weighted by molar-refractivity contribution is 7.92. The standard InChI is InChI=1S/C20H26N4O6S2/c1-11(2)14-8-12(9-21)7-13(5-6-25)16(14)23-19(27)24-32(29,30)17-15(10-26)22-18(31-17)20(3,4)28/h7-8,11,25-26,28H,5-6,10H2,1-4H3,(H2,23,24,27). The lowest BCUT2D eigenvalue weighted by Crippen LogP contribution is -2.35. The van der Waals surface area contributed by atoms with Gasteiger partial charge in [0.1, 0.15) is 10.6 Å². The monoisotopic (exact) mass is 482 g/mol. The van der Waals surface area contributed by atoms with Crippen molar-refractivity contribution in [3.8, 4) is 6.07 Å². The zero-order valence-corrected chi connectivity index (χ0v) is 19.8. The van der Waals surface area contributed by atoms with Crippen molar-refractivity contribution in [2.75, 3.05) is 11.9 Å². The van der Waals surface area contributed by atoms with Gasteiger partial charge in [-0.3, -0.25) is 0 Å². The number of urea groups is 1. The lowest BCUT2D eigenvalue weighted by atomic mass is 9.94. The number of benzene rings is 1. The molecule has 1 aromatic carbocycles. The first-order valence-corrected chi connectivity index (χ1v) is 12.0. The van der Waals surface area contributed by atoms with Crippen LogP contribution in [0.15, 0.2) is 16.3 Å². The Bertz CT molecular complexity index is 1140. The average molecular weight is 483 g/mol. The van der Waals surface area contributed by atoms with Crippen LogP contribution in [-0.4, -0.2) is 41.4 Å². The quantitative estimate of drug-likeness (QED) is 0.379. The third-order valence-electron chi connectivity index (χ3n) is 4.43. The Kier molecular flexibility index (Phi) is 7.97. The number of nitrogens with zero attached hydrogens (tertiary/aromatic N) is 2. The molecule has 1 aromatic heterocycles. The molecule has 0 fully saturated rings. The van der Waals surface area contributed by atoms with Crippen molar-refractivity contribution in [3.63, 3.8) is 0 Å². The second-order valence-corrected chi connectivity index (χ2v) is 10.7. The second-order valence-electron chi connectivity index (χ2n) is 7.87. The van der Waals surface area contributed by atoms with Gasteiger partial charge in [0.2, 0.25) is 0 Å². The number of rotatable bonds is 8. The SMILES string of the molecule is CC(C)c1cc(C#N)cc(CCO)c1NC(=O)NS(=O)(=O)c1sc(C(C)(C)O)nc1CO. The fourth-order valence-corrected chi connectivity index (χ4v) is 5.35. The number of nitriles is 1. The summed E-state index contributed by atoms with van der Waals surface area (Å²) in [6.45, 7) is 5.61. The Morgan fingerprint density at radius 1 is 1.31 bits per heavy atom. The van der Waals surface area contributed by atoms with Crippen molar-refractivity contribution in [1.82, 2.24) is 9.71 Å². The number of hydrogen-bond acceptors (Lipinski definition) is 9. The molecule has 0 aliphatic carbocycles. The molecule has 0 unspecified atom stereocenters. The number of carbonyl (C=O) groups excluding carboxylic acids is 1. The third-order valence-corrected chi connectivity index (χ3v) is 7.72. The van der Waals surface area contributed by atoms with Crippen LogP contribution in [0, 0.1) is 11.3 Å². The Morgan fingerprint density at radius 2 is 1.97 bits per heavy atom. The summed E-state index contributed by atoms with van der Waals surface area (Å²) in [6, 6.07) is 4.09. The van der Waals surface area contributed by atoms with Gasteiger partial charge in [-0.15, -0.1) is 11.3 Å². The van der Waals surface area contributed by atoms with E-state index in [9.17, 15) is 33.8 Å². The molecule has 2 aromatic rings. The second kappa shape index (κ2) is 9.93. The summed E-state index contributed by atoms with van der Waals surface area (Å²) in [5.74, 6) is -0.107. The summed E-state index contributed by atoms with van der Waals surface area (Å²) in [6.07, 6.45) is 0.149. The van der Waals surface area contributed by atoms with Gasteiger partial charge >= 0.3 is 6.03 Å². The number of thiazole rings is 1. The minimum atomic E-state index is -4.41. The smallest absolute Gasteiger partial charge is 0.333 e. The van der Waals surface area contributed by atoms with Crippen LogP contribution in [-0.2, 0) is 28.7 Å². The van der Waals surface area contributed by atoms with Gasteiger partial charge in [-0.05, 0) is 49.4 Å². The number of aliphatic hydroxyl groups is 3. The van der Waals surface area contributed by atoms with Gasteiger partial charge in [-0.1, -0.05) is 13.8 Å². The molecule has 0 saturated heterocycles. The maximum Gasteiger partial charge on any atom is 0.333 e. The lowest BCUT2D eigenvalue weighted by Gasteiger charge is -2.19. The number of carbonyl (C=O) groups is 1. The van der Waals surface area contributed by atoms with E-state index in [2.05, 4.69) is 10.3 Å². The van der Waals surface area contributed by atoms with Gasteiger partial charge in [-0.25, -0.2) is 22.9 Å². The zero-order valence-electron chi connectivity index (χ0n) is 18.1. The molecule has 10 nitrogen and oxygen atoms in total. The first kappa shape index (κ1) is 25.7. The highest BCUT2D eigenvalue weighted by atomic mass is 32.2. The summed E-state index contributed by atoms with van der Waals surface area (Å²) in [5.41, 5.74) is 0.142. The maximum atomic E-state index is 12.8. The van der Waals surface area contributed by atoms with E-state index in [1.165, 1.54) is 19.9 Å². The molecule has 0 aliphatic heterocycles. The average Bonchev–Trinajstić information content (AvgIpc) is 3.14. The van der Waals surface area contributed by atoms with E-state index in [-0.39, 0.29) is 33.9 Å². The van der Waals surface area contributed by atoms with E-state index in [1.54, 1.807) is 6.07 Å². The predicted octanol–water partition coefficient (Wildman–Crippen LogP) is 1.90. The number of sulfonamides is 1. The van der Waals surface area contributed by atoms with E-state index >= 15 is 0 Å². The molecule has 0 saturated carbocycles. The predicted molar refractivity (Wildman–Crippen MR) is 119 cm³/mol. The highest BCUT2D eigenvalue weighted by Gasteiger charge is 2.30. The Balaban J connectivity index is 2.41. The van der Waals surface area contributed by atoms with Crippen LogP contribution in [0.1, 0.15) is 61.0 Å². The Hall–Kier alpha value is -2.56. The molecule has 12 heteroatoms. The van der Waals surface area contributed by atoms with Crippen LogP contribution in [0.2, 0.25) is 0 Å².